The molecule has 0 radical (unpaired) electrons. The van der Waals surface area contributed by atoms with Gasteiger partial charge in [0.25, 0.3) is 0 Å². The van der Waals surface area contributed by atoms with Gasteiger partial charge < -0.3 is 12.4 Å². The van der Waals surface area contributed by atoms with Crippen molar-refractivity contribution >= 4 is 10.9 Å². The summed E-state index contributed by atoms with van der Waals surface area (Å²) in [6, 6.07) is 21.3. The molecule has 3 rings (SSSR count). The molecular formula is C17H16ClN. The van der Waals surface area contributed by atoms with E-state index >= 15 is 0 Å². The van der Waals surface area contributed by atoms with E-state index in [-0.39, 0.29) is 12.4 Å². The minimum atomic E-state index is 0. The predicted octanol–water partition coefficient (Wildman–Crippen LogP) is 0.488. The average Bonchev–Trinajstić information content (AvgIpc) is 2.44. The first-order chi connectivity index (χ1) is 8.84. The molecule has 0 aliphatic carbocycles. The molecule has 19 heavy (non-hydrogen) atoms. The van der Waals surface area contributed by atoms with Gasteiger partial charge in [0.2, 0.25) is 5.52 Å². The van der Waals surface area contributed by atoms with E-state index < -0.39 is 0 Å². The van der Waals surface area contributed by atoms with E-state index in [1.807, 2.05) is 0 Å². The zero-order chi connectivity index (χ0) is 12.4. The maximum Gasteiger partial charge on any atom is 0.213 e. The predicted molar refractivity (Wildman–Crippen MR) is 74.4 cm³/mol. The third kappa shape index (κ3) is 2.77. The maximum atomic E-state index is 2.30. The van der Waals surface area contributed by atoms with Crippen LogP contribution in [0.5, 0.6) is 0 Å². The van der Waals surface area contributed by atoms with Crippen LogP contribution in [0.15, 0.2) is 66.9 Å². The molecule has 3 aromatic rings. The average molecular weight is 270 g/mol. The van der Waals surface area contributed by atoms with Crippen molar-refractivity contribution in [3.05, 3.63) is 78.0 Å². The number of fused-ring (bicyclic) bond motifs is 1. The molecule has 2 heteroatoms. The Kier molecular flexibility index (Phi) is 4.18. The normalized spacial score (nSPS) is 10.2. The van der Waals surface area contributed by atoms with E-state index in [1.165, 1.54) is 22.0 Å². The van der Waals surface area contributed by atoms with Gasteiger partial charge in [-0.05, 0) is 18.6 Å². The van der Waals surface area contributed by atoms with Gasteiger partial charge in [-0.25, -0.2) is 0 Å². The lowest BCUT2D eigenvalue weighted by Gasteiger charge is -2.03. The third-order valence-electron chi connectivity index (χ3n) is 3.34. The van der Waals surface area contributed by atoms with Crippen LogP contribution in [0.25, 0.3) is 10.9 Å². The maximum absolute atomic E-state index is 2.30. The van der Waals surface area contributed by atoms with Gasteiger partial charge in [-0.1, -0.05) is 42.5 Å². The van der Waals surface area contributed by atoms with Crippen molar-refractivity contribution < 1.29 is 17.0 Å². The zero-order valence-corrected chi connectivity index (χ0v) is 11.6. The van der Waals surface area contributed by atoms with Crippen LogP contribution in [0, 0.1) is 6.92 Å². The molecule has 0 saturated heterocycles. The van der Waals surface area contributed by atoms with Crippen LogP contribution in [0.4, 0.5) is 0 Å². The standard InChI is InChI=1S/C17H16N.ClH/c1-14-11-12-18(13-15-7-3-2-4-8-15)17-10-6-5-9-16(14)17;/h2-12H,13H2,1H3;1H/q+1;/p-1. The van der Waals surface area contributed by atoms with Crippen molar-refractivity contribution in [2.24, 2.45) is 0 Å². The summed E-state index contributed by atoms with van der Waals surface area (Å²) in [5.41, 5.74) is 3.95. The first-order valence-electron chi connectivity index (χ1n) is 6.26. The zero-order valence-electron chi connectivity index (χ0n) is 10.9. The number of aromatic nitrogens is 1. The van der Waals surface area contributed by atoms with E-state index in [0.29, 0.717) is 0 Å². The van der Waals surface area contributed by atoms with Gasteiger partial charge in [0.05, 0.1) is 0 Å². The highest BCUT2D eigenvalue weighted by Gasteiger charge is 2.10. The highest BCUT2D eigenvalue weighted by molar-refractivity contribution is 5.78. The summed E-state index contributed by atoms with van der Waals surface area (Å²) in [5, 5.41) is 1.33. The molecule has 0 aliphatic heterocycles. The van der Waals surface area contributed by atoms with Crippen LogP contribution in [0.2, 0.25) is 0 Å². The van der Waals surface area contributed by atoms with E-state index in [4.69, 9.17) is 0 Å². The van der Waals surface area contributed by atoms with Crippen molar-refractivity contribution in [2.45, 2.75) is 13.5 Å². The number of benzene rings is 2. The van der Waals surface area contributed by atoms with Crippen molar-refractivity contribution in [3.8, 4) is 0 Å². The summed E-state index contributed by atoms with van der Waals surface area (Å²) >= 11 is 0. The van der Waals surface area contributed by atoms with E-state index in [0.717, 1.165) is 6.54 Å². The number of rotatable bonds is 2. The van der Waals surface area contributed by atoms with Crippen LogP contribution in [-0.4, -0.2) is 0 Å². The first kappa shape index (κ1) is 13.6. The number of para-hydroxylation sites is 1. The molecule has 0 amide bonds. The molecule has 96 valence electrons. The van der Waals surface area contributed by atoms with Crippen molar-refractivity contribution in [3.63, 3.8) is 0 Å². The second kappa shape index (κ2) is 5.85. The fraction of sp³-hybridized carbons (Fsp3) is 0.118. The number of halogens is 1. The minimum Gasteiger partial charge on any atom is -1.00 e. The summed E-state index contributed by atoms with van der Waals surface area (Å²) in [4.78, 5) is 0. The molecule has 0 spiro atoms. The summed E-state index contributed by atoms with van der Waals surface area (Å²) in [6.45, 7) is 3.08. The van der Waals surface area contributed by atoms with Gasteiger partial charge >= 0.3 is 0 Å². The highest BCUT2D eigenvalue weighted by atomic mass is 35.5. The van der Waals surface area contributed by atoms with Gasteiger partial charge in [-0.15, -0.1) is 0 Å². The van der Waals surface area contributed by atoms with Crippen molar-refractivity contribution in [1.82, 2.24) is 0 Å². The molecule has 0 bridgehead atoms. The van der Waals surface area contributed by atoms with Gasteiger partial charge in [-0.2, -0.15) is 4.57 Å². The number of pyridine rings is 1. The minimum absolute atomic E-state index is 0. The molecule has 0 unspecified atom stereocenters. The van der Waals surface area contributed by atoms with Crippen LogP contribution >= 0.6 is 0 Å². The summed E-state index contributed by atoms with van der Waals surface area (Å²) < 4.78 is 2.30. The molecule has 1 heterocycles. The van der Waals surface area contributed by atoms with Gasteiger partial charge in [-0.3, -0.25) is 0 Å². The Morgan fingerprint density at radius 2 is 1.53 bits per heavy atom. The molecule has 2 aromatic carbocycles. The summed E-state index contributed by atoms with van der Waals surface area (Å²) in [5.74, 6) is 0. The largest absolute Gasteiger partial charge is 1.00 e. The lowest BCUT2D eigenvalue weighted by atomic mass is 10.1. The summed E-state index contributed by atoms with van der Waals surface area (Å²) in [6.07, 6.45) is 2.17. The number of nitrogens with zero attached hydrogens (tertiary/aromatic N) is 1. The Balaban J connectivity index is 0.00000133. The van der Waals surface area contributed by atoms with Crippen LogP contribution in [0.3, 0.4) is 0 Å². The molecule has 0 fully saturated rings. The Hall–Kier alpha value is -1.86. The van der Waals surface area contributed by atoms with Gasteiger partial charge in [0.1, 0.15) is 0 Å². The Bertz CT molecular complexity index is 677. The quantitative estimate of drug-likeness (QED) is 0.596. The SMILES string of the molecule is Cc1cc[n+](Cc2ccccc2)c2ccccc12.[Cl-]. The van der Waals surface area contributed by atoms with Crippen LogP contribution < -0.4 is 17.0 Å². The number of hydrogen-bond acceptors (Lipinski definition) is 0. The van der Waals surface area contributed by atoms with Gasteiger partial charge in [0.15, 0.2) is 12.7 Å². The molecule has 0 saturated carbocycles. The third-order valence-corrected chi connectivity index (χ3v) is 3.34. The lowest BCUT2D eigenvalue weighted by molar-refractivity contribution is -0.662. The fourth-order valence-electron chi connectivity index (χ4n) is 2.35. The molecule has 1 aromatic heterocycles. The lowest BCUT2D eigenvalue weighted by Crippen LogP contribution is -3.00. The molecule has 0 aliphatic rings. The molecule has 1 nitrogen and oxygen atoms in total. The fourth-order valence-corrected chi connectivity index (χ4v) is 2.35. The van der Waals surface area contributed by atoms with Crippen LogP contribution in [-0.2, 0) is 6.54 Å². The van der Waals surface area contributed by atoms with Crippen molar-refractivity contribution in [2.75, 3.05) is 0 Å². The van der Waals surface area contributed by atoms with Crippen molar-refractivity contribution in [1.29, 1.82) is 0 Å². The Morgan fingerprint density at radius 3 is 2.32 bits per heavy atom. The smallest absolute Gasteiger partial charge is 0.213 e. The second-order valence-corrected chi connectivity index (χ2v) is 4.63. The monoisotopic (exact) mass is 269 g/mol. The van der Waals surface area contributed by atoms with Gasteiger partial charge in [0, 0.05) is 23.1 Å². The number of hydrogen-bond donors (Lipinski definition) is 0. The molecule has 0 N–H and O–H groups in total. The second-order valence-electron chi connectivity index (χ2n) is 4.63. The Morgan fingerprint density at radius 1 is 0.842 bits per heavy atom. The van der Waals surface area contributed by atoms with E-state index in [1.54, 1.807) is 0 Å². The molecular weight excluding hydrogens is 254 g/mol. The first-order valence-corrected chi connectivity index (χ1v) is 6.26. The van der Waals surface area contributed by atoms with E-state index in [9.17, 15) is 0 Å². The molecule has 0 atom stereocenters. The van der Waals surface area contributed by atoms with Crippen LogP contribution in [0.1, 0.15) is 11.1 Å². The summed E-state index contributed by atoms with van der Waals surface area (Å²) in [7, 11) is 0. The van der Waals surface area contributed by atoms with E-state index in [2.05, 4.69) is 78.4 Å². The Labute approximate surface area is 119 Å². The number of aryl methyl sites for hydroxylation is 1. The highest BCUT2D eigenvalue weighted by Crippen LogP contribution is 2.14. The topological polar surface area (TPSA) is 3.88 Å².